The Kier molecular flexibility index (Phi) is 5.55. The predicted molar refractivity (Wildman–Crippen MR) is 123 cm³/mol. The molecule has 0 unspecified atom stereocenters. The Morgan fingerprint density at radius 2 is 1.87 bits per heavy atom. The molecule has 31 heavy (non-hydrogen) atoms. The van der Waals surface area contributed by atoms with Crippen LogP contribution in [0.2, 0.25) is 0 Å². The Balaban J connectivity index is 1.85. The van der Waals surface area contributed by atoms with E-state index in [0.717, 1.165) is 5.56 Å². The van der Waals surface area contributed by atoms with Crippen molar-refractivity contribution in [3.8, 4) is 5.82 Å². The van der Waals surface area contributed by atoms with Gasteiger partial charge in [0.2, 0.25) is 11.9 Å². The summed E-state index contributed by atoms with van der Waals surface area (Å²) < 4.78 is 1.54. The molecule has 0 aliphatic carbocycles. The van der Waals surface area contributed by atoms with E-state index in [1.165, 1.54) is 16.3 Å². The number of thioether (sulfide) groups is 1. The molecule has 1 atom stereocenters. The van der Waals surface area contributed by atoms with Gasteiger partial charge in [0.25, 0.3) is 5.56 Å². The zero-order valence-corrected chi connectivity index (χ0v) is 18.5. The van der Waals surface area contributed by atoms with Crippen molar-refractivity contribution in [3.63, 3.8) is 0 Å². The molecule has 0 aliphatic rings. The first kappa shape index (κ1) is 20.7. The molecule has 0 spiro atoms. The molecule has 4 rings (SSSR count). The second-order valence-electron chi connectivity index (χ2n) is 7.25. The maximum Gasteiger partial charge on any atom is 0.267 e. The SMILES string of the molecule is Cc1ccnc(-n2c(S[C@H](C)c3nc(N)nc(N(C)C)n3)nc3ccccc3c2=O)c1. The molecule has 0 bridgehead atoms. The number of rotatable bonds is 5. The molecule has 3 aromatic heterocycles. The van der Waals surface area contributed by atoms with Crippen LogP contribution in [0.3, 0.4) is 0 Å². The highest BCUT2D eigenvalue weighted by atomic mass is 32.2. The number of anilines is 2. The Labute approximate surface area is 183 Å². The third-order valence-corrected chi connectivity index (χ3v) is 5.63. The van der Waals surface area contributed by atoms with Crippen LogP contribution in [0.25, 0.3) is 16.7 Å². The van der Waals surface area contributed by atoms with Crippen molar-refractivity contribution in [1.82, 2.24) is 29.5 Å². The number of nitrogen functional groups attached to an aromatic ring is 1. The maximum atomic E-state index is 13.4. The number of hydrogen-bond donors (Lipinski definition) is 1. The van der Waals surface area contributed by atoms with E-state index in [2.05, 4.69) is 19.9 Å². The summed E-state index contributed by atoms with van der Waals surface area (Å²) in [6.45, 7) is 3.89. The number of aromatic nitrogens is 6. The molecule has 0 saturated carbocycles. The molecule has 3 heterocycles. The van der Waals surface area contributed by atoms with E-state index in [1.54, 1.807) is 17.2 Å². The number of hydrogen-bond acceptors (Lipinski definition) is 9. The number of fused-ring (bicyclic) bond motifs is 1. The van der Waals surface area contributed by atoms with Crippen LogP contribution >= 0.6 is 11.8 Å². The standard InChI is InChI=1S/C21H22N8OS/c1-12-9-10-23-16(11-12)29-18(30)14-7-5-6-8-15(14)24-21(29)31-13(2)17-25-19(22)27-20(26-17)28(3)4/h5-11,13H,1-4H3,(H2,22,25,26,27)/t13-/m1/s1. The van der Waals surface area contributed by atoms with E-state index < -0.39 is 0 Å². The summed E-state index contributed by atoms with van der Waals surface area (Å²) in [5.74, 6) is 1.64. The van der Waals surface area contributed by atoms with Gasteiger partial charge in [0.1, 0.15) is 11.6 Å². The monoisotopic (exact) mass is 434 g/mol. The molecule has 9 nitrogen and oxygen atoms in total. The fourth-order valence-corrected chi connectivity index (χ4v) is 3.99. The van der Waals surface area contributed by atoms with Crippen molar-refractivity contribution < 1.29 is 0 Å². The van der Waals surface area contributed by atoms with Crippen LogP contribution in [0, 0.1) is 6.92 Å². The Bertz CT molecular complexity index is 1320. The first-order chi connectivity index (χ1) is 14.8. The average Bonchev–Trinajstić information content (AvgIpc) is 2.73. The minimum absolute atomic E-state index is 0.144. The van der Waals surface area contributed by atoms with Gasteiger partial charge in [0.15, 0.2) is 5.16 Å². The molecule has 1 aromatic carbocycles. The lowest BCUT2D eigenvalue weighted by Gasteiger charge is -2.17. The predicted octanol–water partition coefficient (Wildman–Crippen LogP) is 2.78. The van der Waals surface area contributed by atoms with E-state index in [1.807, 2.05) is 58.3 Å². The third kappa shape index (κ3) is 4.19. The summed E-state index contributed by atoms with van der Waals surface area (Å²) in [5, 5.41) is 0.787. The highest BCUT2D eigenvalue weighted by Crippen LogP contribution is 2.33. The molecular formula is C21H22N8OS. The zero-order valence-electron chi connectivity index (χ0n) is 17.6. The number of para-hydroxylation sites is 1. The van der Waals surface area contributed by atoms with E-state index in [0.29, 0.717) is 33.6 Å². The van der Waals surface area contributed by atoms with Gasteiger partial charge in [-0.25, -0.2) is 14.5 Å². The molecule has 158 valence electrons. The minimum atomic E-state index is -0.242. The summed E-state index contributed by atoms with van der Waals surface area (Å²) in [6, 6.07) is 11.0. The second kappa shape index (κ2) is 8.31. The van der Waals surface area contributed by atoms with Gasteiger partial charge in [-0.1, -0.05) is 23.9 Å². The summed E-state index contributed by atoms with van der Waals surface area (Å²) in [6.07, 6.45) is 1.68. The van der Waals surface area contributed by atoms with Gasteiger partial charge < -0.3 is 10.6 Å². The summed E-state index contributed by atoms with van der Waals surface area (Å²) in [5.41, 5.74) is 7.32. The van der Waals surface area contributed by atoms with Crippen molar-refractivity contribution in [2.75, 3.05) is 24.7 Å². The van der Waals surface area contributed by atoms with Gasteiger partial charge in [-0.05, 0) is 43.7 Å². The van der Waals surface area contributed by atoms with Gasteiger partial charge in [-0.3, -0.25) is 4.79 Å². The molecule has 0 fully saturated rings. The van der Waals surface area contributed by atoms with Crippen LogP contribution in [0.5, 0.6) is 0 Å². The maximum absolute atomic E-state index is 13.4. The van der Waals surface area contributed by atoms with Crippen molar-refractivity contribution in [2.24, 2.45) is 0 Å². The van der Waals surface area contributed by atoms with Crippen molar-refractivity contribution in [2.45, 2.75) is 24.3 Å². The molecule has 0 amide bonds. The second-order valence-corrected chi connectivity index (χ2v) is 8.56. The largest absolute Gasteiger partial charge is 0.368 e. The smallest absolute Gasteiger partial charge is 0.267 e. The van der Waals surface area contributed by atoms with Crippen LogP contribution in [0.15, 0.2) is 52.5 Å². The van der Waals surface area contributed by atoms with Crippen molar-refractivity contribution >= 4 is 34.6 Å². The minimum Gasteiger partial charge on any atom is -0.368 e. The summed E-state index contributed by atoms with van der Waals surface area (Å²) in [4.78, 5) is 37.3. The summed E-state index contributed by atoms with van der Waals surface area (Å²) in [7, 11) is 3.67. The first-order valence-electron chi connectivity index (χ1n) is 9.63. The molecule has 0 aliphatic heterocycles. The fourth-order valence-electron chi connectivity index (χ4n) is 3.03. The van der Waals surface area contributed by atoms with Gasteiger partial charge in [0, 0.05) is 20.3 Å². The van der Waals surface area contributed by atoms with E-state index in [-0.39, 0.29) is 16.8 Å². The first-order valence-corrected chi connectivity index (χ1v) is 10.5. The van der Waals surface area contributed by atoms with Gasteiger partial charge >= 0.3 is 0 Å². The molecule has 0 radical (unpaired) electrons. The van der Waals surface area contributed by atoms with E-state index >= 15 is 0 Å². The Hall–Kier alpha value is -3.53. The van der Waals surface area contributed by atoms with Crippen LogP contribution in [0.1, 0.15) is 23.6 Å². The van der Waals surface area contributed by atoms with E-state index in [4.69, 9.17) is 10.7 Å². The Morgan fingerprint density at radius 1 is 1.10 bits per heavy atom. The molecule has 0 saturated heterocycles. The molecule has 2 N–H and O–H groups in total. The average molecular weight is 435 g/mol. The lowest BCUT2D eigenvalue weighted by Crippen LogP contribution is -2.23. The lowest BCUT2D eigenvalue weighted by molar-refractivity contribution is 0.785. The van der Waals surface area contributed by atoms with Gasteiger partial charge in [-0.15, -0.1) is 0 Å². The number of pyridine rings is 1. The number of nitrogens with two attached hydrogens (primary N) is 1. The highest BCUT2D eigenvalue weighted by Gasteiger charge is 2.20. The quantitative estimate of drug-likeness (QED) is 0.374. The molecular weight excluding hydrogens is 412 g/mol. The molecule has 4 aromatic rings. The van der Waals surface area contributed by atoms with Crippen molar-refractivity contribution in [3.05, 3.63) is 64.3 Å². The topological polar surface area (TPSA) is 116 Å². The molecule has 10 heteroatoms. The van der Waals surface area contributed by atoms with Crippen molar-refractivity contribution in [1.29, 1.82) is 0 Å². The zero-order chi connectivity index (χ0) is 22.1. The van der Waals surface area contributed by atoms with Crippen LogP contribution < -0.4 is 16.2 Å². The Morgan fingerprint density at radius 3 is 2.61 bits per heavy atom. The van der Waals surface area contributed by atoms with Crippen LogP contribution in [-0.2, 0) is 0 Å². The van der Waals surface area contributed by atoms with Gasteiger partial charge in [0.05, 0.1) is 16.2 Å². The normalized spacial score (nSPS) is 12.1. The lowest BCUT2D eigenvalue weighted by atomic mass is 10.2. The van der Waals surface area contributed by atoms with Crippen LogP contribution in [0.4, 0.5) is 11.9 Å². The number of aryl methyl sites for hydroxylation is 1. The number of benzene rings is 1. The highest BCUT2D eigenvalue weighted by molar-refractivity contribution is 7.99. The van der Waals surface area contributed by atoms with Gasteiger partial charge in [-0.2, -0.15) is 15.0 Å². The number of nitrogens with zero attached hydrogens (tertiary/aromatic N) is 7. The third-order valence-electron chi connectivity index (χ3n) is 4.58. The fraction of sp³-hybridized carbons (Fsp3) is 0.238. The van der Waals surface area contributed by atoms with Crippen LogP contribution in [-0.4, -0.2) is 43.6 Å². The summed E-state index contributed by atoms with van der Waals surface area (Å²) >= 11 is 1.37. The van der Waals surface area contributed by atoms with E-state index in [9.17, 15) is 4.79 Å².